The van der Waals surface area contributed by atoms with E-state index in [1.807, 2.05) is 35.7 Å². The lowest BCUT2D eigenvalue weighted by molar-refractivity contribution is 0.102. The van der Waals surface area contributed by atoms with Crippen molar-refractivity contribution in [3.63, 3.8) is 0 Å². The Hall–Kier alpha value is -2.53. The normalized spacial score (nSPS) is 10.2. The third-order valence-corrected chi connectivity index (χ3v) is 3.45. The summed E-state index contributed by atoms with van der Waals surface area (Å²) in [5.41, 5.74) is 2.47. The number of rotatable bonds is 3. The Morgan fingerprint density at radius 3 is 2.50 bits per heavy atom. The molecule has 4 nitrogen and oxygen atoms in total. The highest BCUT2D eigenvalue weighted by atomic mass is 32.1. The quantitative estimate of drug-likeness (QED) is 0.800. The van der Waals surface area contributed by atoms with Gasteiger partial charge in [-0.15, -0.1) is 11.3 Å². The maximum absolute atomic E-state index is 12.0. The third kappa shape index (κ3) is 2.73. The van der Waals surface area contributed by atoms with Gasteiger partial charge in [0.25, 0.3) is 5.91 Å². The molecule has 0 atom stereocenters. The number of carbonyl (C=O) groups excluding carboxylic acids is 1. The molecule has 0 saturated heterocycles. The highest BCUT2D eigenvalue weighted by Crippen LogP contribution is 2.18. The predicted octanol–water partition coefficient (Wildman–Crippen LogP) is 3.46. The summed E-state index contributed by atoms with van der Waals surface area (Å²) in [7, 11) is 0. The van der Waals surface area contributed by atoms with Crippen LogP contribution in [0.3, 0.4) is 0 Å². The molecule has 2 aromatic heterocycles. The number of aromatic nitrogens is 2. The molecule has 20 heavy (non-hydrogen) atoms. The molecule has 0 aliphatic rings. The number of benzene rings is 1. The monoisotopic (exact) mass is 281 g/mol. The molecule has 0 bridgehead atoms. The van der Waals surface area contributed by atoms with Crippen molar-refractivity contribution in [2.75, 3.05) is 5.32 Å². The van der Waals surface area contributed by atoms with E-state index in [9.17, 15) is 4.79 Å². The van der Waals surface area contributed by atoms with Gasteiger partial charge >= 0.3 is 0 Å². The topological polar surface area (TPSA) is 54.9 Å². The highest BCUT2D eigenvalue weighted by Gasteiger charge is 2.07. The molecule has 0 fully saturated rings. The molecule has 5 heteroatoms. The molecule has 2 heterocycles. The third-order valence-electron chi connectivity index (χ3n) is 2.76. The Kier molecular flexibility index (Phi) is 3.52. The number of amides is 1. The van der Waals surface area contributed by atoms with Crippen LogP contribution in [0, 0.1) is 0 Å². The van der Waals surface area contributed by atoms with Crippen LogP contribution in [0.2, 0.25) is 0 Å². The molecule has 0 radical (unpaired) electrons. The Bertz CT molecular complexity index is 694. The summed E-state index contributed by atoms with van der Waals surface area (Å²) in [6.45, 7) is 0. The number of pyridine rings is 1. The number of thiazole rings is 1. The molecule has 1 amide bonds. The van der Waals surface area contributed by atoms with E-state index in [4.69, 9.17) is 0 Å². The number of nitrogens with zero attached hydrogens (tertiary/aromatic N) is 2. The SMILES string of the molecule is O=C(Nc1nccs1)c1ccc(-c2ccccn2)cc1. The van der Waals surface area contributed by atoms with Crippen LogP contribution in [-0.2, 0) is 0 Å². The number of carbonyl (C=O) groups is 1. The Morgan fingerprint density at radius 2 is 1.85 bits per heavy atom. The number of hydrogen-bond acceptors (Lipinski definition) is 4. The van der Waals surface area contributed by atoms with E-state index in [1.54, 1.807) is 24.5 Å². The van der Waals surface area contributed by atoms with E-state index in [2.05, 4.69) is 15.3 Å². The van der Waals surface area contributed by atoms with Gasteiger partial charge in [-0.2, -0.15) is 0 Å². The molecule has 3 aromatic rings. The van der Waals surface area contributed by atoms with Crippen LogP contribution in [0.25, 0.3) is 11.3 Å². The first-order chi connectivity index (χ1) is 9.83. The Morgan fingerprint density at radius 1 is 1.00 bits per heavy atom. The Labute approximate surface area is 120 Å². The lowest BCUT2D eigenvalue weighted by atomic mass is 10.1. The largest absolute Gasteiger partial charge is 0.298 e. The van der Waals surface area contributed by atoms with Crippen molar-refractivity contribution in [3.05, 3.63) is 65.8 Å². The predicted molar refractivity (Wildman–Crippen MR) is 79.7 cm³/mol. The van der Waals surface area contributed by atoms with Crippen LogP contribution in [0.4, 0.5) is 5.13 Å². The van der Waals surface area contributed by atoms with E-state index >= 15 is 0 Å². The van der Waals surface area contributed by atoms with Gasteiger partial charge in [-0.1, -0.05) is 18.2 Å². The van der Waals surface area contributed by atoms with E-state index in [0.29, 0.717) is 10.7 Å². The molecule has 1 N–H and O–H groups in total. The maximum atomic E-state index is 12.0. The van der Waals surface area contributed by atoms with Crippen molar-refractivity contribution >= 4 is 22.4 Å². The molecule has 0 unspecified atom stereocenters. The minimum atomic E-state index is -0.160. The van der Waals surface area contributed by atoms with Gasteiger partial charge in [-0.3, -0.25) is 15.1 Å². The lowest BCUT2D eigenvalue weighted by Crippen LogP contribution is -2.11. The van der Waals surface area contributed by atoms with E-state index < -0.39 is 0 Å². The summed E-state index contributed by atoms with van der Waals surface area (Å²) in [6.07, 6.45) is 3.41. The summed E-state index contributed by atoms with van der Waals surface area (Å²) in [5.74, 6) is -0.160. The summed E-state index contributed by atoms with van der Waals surface area (Å²) in [6, 6.07) is 13.1. The molecule has 0 aliphatic carbocycles. The van der Waals surface area contributed by atoms with Gasteiger partial charge in [0.1, 0.15) is 0 Å². The second-order valence-corrected chi connectivity index (χ2v) is 4.98. The molecule has 1 aromatic carbocycles. The Balaban J connectivity index is 1.78. The van der Waals surface area contributed by atoms with Crippen LogP contribution in [-0.4, -0.2) is 15.9 Å². The number of anilines is 1. The zero-order valence-corrected chi connectivity index (χ0v) is 11.3. The van der Waals surface area contributed by atoms with Crippen molar-refractivity contribution < 1.29 is 4.79 Å². The molecule has 0 saturated carbocycles. The highest BCUT2D eigenvalue weighted by molar-refractivity contribution is 7.13. The first kappa shape index (κ1) is 12.5. The van der Waals surface area contributed by atoms with Crippen LogP contribution < -0.4 is 5.32 Å². The van der Waals surface area contributed by atoms with Gasteiger partial charge in [0.2, 0.25) is 0 Å². The standard InChI is InChI=1S/C15H11N3OS/c19-14(18-15-17-9-10-20-15)12-6-4-11(5-7-12)13-3-1-2-8-16-13/h1-10H,(H,17,18,19). The summed E-state index contributed by atoms with van der Waals surface area (Å²) < 4.78 is 0. The zero-order chi connectivity index (χ0) is 13.8. The average molecular weight is 281 g/mol. The molecule has 98 valence electrons. The van der Waals surface area contributed by atoms with Gasteiger partial charge in [-0.25, -0.2) is 4.98 Å². The van der Waals surface area contributed by atoms with Crippen LogP contribution in [0.15, 0.2) is 60.2 Å². The number of nitrogens with one attached hydrogen (secondary N) is 1. The first-order valence-electron chi connectivity index (χ1n) is 6.05. The summed E-state index contributed by atoms with van der Waals surface area (Å²) in [5, 5.41) is 5.17. The van der Waals surface area contributed by atoms with Crippen molar-refractivity contribution in [1.82, 2.24) is 9.97 Å². The fraction of sp³-hybridized carbons (Fsp3) is 0. The van der Waals surface area contributed by atoms with Crippen LogP contribution >= 0.6 is 11.3 Å². The van der Waals surface area contributed by atoms with Gasteiger partial charge in [0.05, 0.1) is 5.69 Å². The van der Waals surface area contributed by atoms with Gasteiger partial charge in [0, 0.05) is 28.9 Å². The van der Waals surface area contributed by atoms with Crippen molar-refractivity contribution in [2.24, 2.45) is 0 Å². The van der Waals surface area contributed by atoms with Gasteiger partial charge in [-0.05, 0) is 24.3 Å². The smallest absolute Gasteiger partial charge is 0.257 e. The lowest BCUT2D eigenvalue weighted by Gasteiger charge is -2.04. The fourth-order valence-corrected chi connectivity index (χ4v) is 2.30. The zero-order valence-electron chi connectivity index (χ0n) is 10.5. The van der Waals surface area contributed by atoms with E-state index in [1.165, 1.54) is 11.3 Å². The van der Waals surface area contributed by atoms with Crippen LogP contribution in [0.5, 0.6) is 0 Å². The number of hydrogen-bond donors (Lipinski definition) is 1. The van der Waals surface area contributed by atoms with E-state index in [0.717, 1.165) is 11.3 Å². The van der Waals surface area contributed by atoms with E-state index in [-0.39, 0.29) is 5.91 Å². The molecule has 0 aliphatic heterocycles. The van der Waals surface area contributed by atoms with Crippen molar-refractivity contribution in [3.8, 4) is 11.3 Å². The first-order valence-corrected chi connectivity index (χ1v) is 6.93. The van der Waals surface area contributed by atoms with Gasteiger partial charge < -0.3 is 0 Å². The second kappa shape index (κ2) is 5.63. The van der Waals surface area contributed by atoms with Gasteiger partial charge in [0.15, 0.2) is 5.13 Å². The minimum absolute atomic E-state index is 0.160. The fourth-order valence-electron chi connectivity index (χ4n) is 1.78. The molecule has 0 spiro atoms. The summed E-state index contributed by atoms with van der Waals surface area (Å²) in [4.78, 5) is 20.3. The molecular weight excluding hydrogens is 270 g/mol. The molecular formula is C15H11N3OS. The second-order valence-electron chi connectivity index (χ2n) is 4.08. The average Bonchev–Trinajstić information content (AvgIpc) is 3.01. The maximum Gasteiger partial charge on any atom is 0.257 e. The minimum Gasteiger partial charge on any atom is -0.298 e. The molecule has 3 rings (SSSR count). The van der Waals surface area contributed by atoms with Crippen molar-refractivity contribution in [1.29, 1.82) is 0 Å². The summed E-state index contributed by atoms with van der Waals surface area (Å²) >= 11 is 1.39. The van der Waals surface area contributed by atoms with Crippen molar-refractivity contribution in [2.45, 2.75) is 0 Å². The van der Waals surface area contributed by atoms with Crippen LogP contribution in [0.1, 0.15) is 10.4 Å².